The van der Waals surface area contributed by atoms with Crippen LogP contribution in [0.5, 0.6) is 0 Å². The van der Waals surface area contributed by atoms with Crippen molar-refractivity contribution in [2.45, 2.75) is 32.7 Å². The fourth-order valence-electron chi connectivity index (χ4n) is 1.62. The van der Waals surface area contributed by atoms with Crippen molar-refractivity contribution in [1.82, 2.24) is 0 Å². The molecular formula is C13H19F2NO. The van der Waals surface area contributed by atoms with E-state index in [1.54, 1.807) is 6.92 Å². The molecule has 0 spiro atoms. The van der Waals surface area contributed by atoms with Crippen molar-refractivity contribution in [2.75, 3.05) is 13.2 Å². The molecule has 0 bridgehead atoms. The summed E-state index contributed by atoms with van der Waals surface area (Å²) in [6, 6.07) is 2.00. The highest BCUT2D eigenvalue weighted by Crippen LogP contribution is 2.23. The van der Waals surface area contributed by atoms with Crippen LogP contribution >= 0.6 is 0 Å². The van der Waals surface area contributed by atoms with Crippen LogP contribution in [0.4, 0.5) is 8.78 Å². The summed E-state index contributed by atoms with van der Waals surface area (Å²) >= 11 is 0. The Hall–Kier alpha value is -1.00. The Morgan fingerprint density at radius 1 is 1.29 bits per heavy atom. The second-order valence-electron chi connectivity index (χ2n) is 4.10. The van der Waals surface area contributed by atoms with Gasteiger partial charge < -0.3 is 10.5 Å². The Balaban J connectivity index is 2.68. The van der Waals surface area contributed by atoms with E-state index in [9.17, 15) is 8.78 Å². The smallest absolute Gasteiger partial charge is 0.133 e. The molecule has 1 aromatic carbocycles. The Kier molecular flexibility index (Phi) is 5.51. The Labute approximate surface area is 101 Å². The average Bonchev–Trinajstić information content (AvgIpc) is 2.30. The summed E-state index contributed by atoms with van der Waals surface area (Å²) in [6.07, 6.45) is 1.33. The highest BCUT2D eigenvalue weighted by molar-refractivity contribution is 5.28. The zero-order valence-corrected chi connectivity index (χ0v) is 10.3. The lowest BCUT2D eigenvalue weighted by molar-refractivity contribution is 0.127. The van der Waals surface area contributed by atoms with Crippen molar-refractivity contribution in [3.05, 3.63) is 34.9 Å². The van der Waals surface area contributed by atoms with Gasteiger partial charge in [-0.15, -0.1) is 0 Å². The maximum Gasteiger partial charge on any atom is 0.133 e. The molecule has 0 aliphatic heterocycles. The minimum absolute atomic E-state index is 0.0369. The minimum atomic E-state index is -0.660. The second-order valence-corrected chi connectivity index (χ2v) is 4.10. The number of benzene rings is 1. The van der Waals surface area contributed by atoms with Crippen LogP contribution in [-0.2, 0) is 4.74 Å². The zero-order valence-electron chi connectivity index (χ0n) is 10.3. The van der Waals surface area contributed by atoms with Crippen LogP contribution in [0, 0.1) is 18.6 Å². The van der Waals surface area contributed by atoms with Crippen molar-refractivity contribution < 1.29 is 13.5 Å². The van der Waals surface area contributed by atoms with Crippen molar-refractivity contribution in [3.63, 3.8) is 0 Å². The van der Waals surface area contributed by atoms with Crippen molar-refractivity contribution in [1.29, 1.82) is 0 Å². The second kappa shape index (κ2) is 6.67. The third-order valence-electron chi connectivity index (χ3n) is 2.61. The number of hydrogen-bond acceptors (Lipinski definition) is 2. The van der Waals surface area contributed by atoms with E-state index in [1.807, 2.05) is 6.92 Å². The Morgan fingerprint density at radius 3 is 2.65 bits per heavy atom. The van der Waals surface area contributed by atoms with Gasteiger partial charge in [0.25, 0.3) is 0 Å². The number of nitrogens with two attached hydrogens (primary N) is 1. The molecule has 17 heavy (non-hydrogen) atoms. The molecule has 0 aliphatic carbocycles. The molecule has 0 amide bonds. The lowest BCUT2D eigenvalue weighted by atomic mass is 10.0. The molecule has 1 rings (SSSR count). The lowest BCUT2D eigenvalue weighted by Gasteiger charge is -2.15. The molecule has 1 unspecified atom stereocenters. The summed E-state index contributed by atoms with van der Waals surface area (Å²) in [5.41, 5.74) is 6.16. The number of aryl methyl sites for hydroxylation is 1. The normalized spacial score (nSPS) is 12.8. The van der Waals surface area contributed by atoms with E-state index in [0.717, 1.165) is 6.42 Å². The first-order chi connectivity index (χ1) is 8.07. The molecule has 0 saturated heterocycles. The predicted molar refractivity (Wildman–Crippen MR) is 63.8 cm³/mol. The molecular weight excluding hydrogens is 224 g/mol. The van der Waals surface area contributed by atoms with Gasteiger partial charge in [-0.3, -0.25) is 0 Å². The summed E-state index contributed by atoms with van der Waals surface area (Å²) in [4.78, 5) is 0. The van der Waals surface area contributed by atoms with E-state index in [0.29, 0.717) is 25.2 Å². The molecule has 2 nitrogen and oxygen atoms in total. The molecule has 4 heteroatoms. The quantitative estimate of drug-likeness (QED) is 0.779. The van der Waals surface area contributed by atoms with Crippen LogP contribution in [0.2, 0.25) is 0 Å². The van der Waals surface area contributed by atoms with Crippen LogP contribution in [-0.4, -0.2) is 13.2 Å². The highest BCUT2D eigenvalue weighted by Gasteiger charge is 2.18. The summed E-state index contributed by atoms with van der Waals surface area (Å²) in [6.45, 7) is 4.66. The molecule has 1 atom stereocenters. The molecule has 0 aliphatic rings. The van der Waals surface area contributed by atoms with Crippen LogP contribution < -0.4 is 5.73 Å². The summed E-state index contributed by atoms with van der Waals surface area (Å²) < 4.78 is 32.5. The first-order valence-corrected chi connectivity index (χ1v) is 5.85. The first-order valence-electron chi connectivity index (χ1n) is 5.85. The van der Waals surface area contributed by atoms with E-state index < -0.39 is 17.7 Å². The van der Waals surface area contributed by atoms with Crippen LogP contribution in [0.15, 0.2) is 12.1 Å². The minimum Gasteiger partial charge on any atom is -0.381 e. The number of rotatable bonds is 6. The fraction of sp³-hybridized carbons (Fsp3) is 0.538. The monoisotopic (exact) mass is 243 g/mol. The molecule has 0 radical (unpaired) electrons. The predicted octanol–water partition coefficient (Wildman–Crippen LogP) is 3.09. The van der Waals surface area contributed by atoms with Crippen molar-refractivity contribution >= 4 is 0 Å². The molecule has 0 aromatic heterocycles. The number of ether oxygens (including phenoxy) is 1. The van der Waals surface area contributed by atoms with Crippen molar-refractivity contribution in [3.8, 4) is 0 Å². The molecule has 0 heterocycles. The zero-order chi connectivity index (χ0) is 12.8. The van der Waals surface area contributed by atoms with Gasteiger partial charge in [0.2, 0.25) is 0 Å². The van der Waals surface area contributed by atoms with E-state index in [2.05, 4.69) is 0 Å². The van der Waals surface area contributed by atoms with Gasteiger partial charge in [0.05, 0.1) is 0 Å². The topological polar surface area (TPSA) is 35.2 Å². The third-order valence-corrected chi connectivity index (χ3v) is 2.61. The molecule has 96 valence electrons. The standard InChI is InChI=1S/C13H19F2NO/c1-3-7-17-8-6-11(16)12-10(14)5-4-9(2)13(12)15/h4-5,11H,3,6-8,16H2,1-2H3. The lowest BCUT2D eigenvalue weighted by Crippen LogP contribution is -2.17. The first kappa shape index (κ1) is 14.1. The summed E-state index contributed by atoms with van der Waals surface area (Å²) in [7, 11) is 0. The largest absolute Gasteiger partial charge is 0.381 e. The van der Waals surface area contributed by atoms with Crippen molar-refractivity contribution in [2.24, 2.45) is 5.73 Å². The third kappa shape index (κ3) is 3.75. The number of halogens is 2. The summed E-state index contributed by atoms with van der Waals surface area (Å²) in [5, 5.41) is 0. The summed E-state index contributed by atoms with van der Waals surface area (Å²) in [5.74, 6) is -1.14. The van der Waals surface area contributed by atoms with E-state index in [4.69, 9.17) is 10.5 Å². The van der Waals surface area contributed by atoms with Crippen LogP contribution in [0.1, 0.15) is 36.9 Å². The number of hydrogen-bond donors (Lipinski definition) is 1. The van der Waals surface area contributed by atoms with Gasteiger partial charge in [-0.05, 0) is 31.4 Å². The van der Waals surface area contributed by atoms with Gasteiger partial charge in [0.15, 0.2) is 0 Å². The van der Waals surface area contributed by atoms with Gasteiger partial charge in [0.1, 0.15) is 11.6 Å². The maximum atomic E-state index is 13.7. The molecule has 0 fully saturated rings. The van der Waals surface area contributed by atoms with Gasteiger partial charge in [-0.1, -0.05) is 13.0 Å². The highest BCUT2D eigenvalue weighted by atomic mass is 19.1. The van der Waals surface area contributed by atoms with E-state index in [-0.39, 0.29) is 5.56 Å². The Bertz CT molecular complexity index is 369. The van der Waals surface area contributed by atoms with Gasteiger partial charge >= 0.3 is 0 Å². The molecule has 2 N–H and O–H groups in total. The van der Waals surface area contributed by atoms with E-state index in [1.165, 1.54) is 12.1 Å². The maximum absolute atomic E-state index is 13.7. The SMILES string of the molecule is CCCOCCC(N)c1c(F)ccc(C)c1F. The van der Waals surface area contributed by atoms with E-state index >= 15 is 0 Å². The molecule has 1 aromatic rings. The van der Waals surface area contributed by atoms with Gasteiger partial charge in [-0.25, -0.2) is 8.78 Å². The fourth-order valence-corrected chi connectivity index (χ4v) is 1.62. The van der Waals surface area contributed by atoms with Crippen LogP contribution in [0.25, 0.3) is 0 Å². The van der Waals surface area contributed by atoms with Gasteiger partial charge in [-0.2, -0.15) is 0 Å². The average molecular weight is 243 g/mol. The van der Waals surface area contributed by atoms with Gasteiger partial charge in [0, 0.05) is 24.8 Å². The van der Waals surface area contributed by atoms with Crippen LogP contribution in [0.3, 0.4) is 0 Å². The Morgan fingerprint density at radius 2 is 2.00 bits per heavy atom. The molecule has 0 saturated carbocycles.